The standard InChI is InChI=1S/C30H34N6O/c37-30(26-10-5-16-31-26)33-18-21-12-14-22(15-13-21)19-36(20-28-34-24-8-1-2-9-25(24)35-28)27-11-3-6-23-7-4-17-32-29(23)27/h1-2,4,7-9,12-15,17,26-27,31H,3,5-6,10-11,16,18-20H2,(H,33,37)(H,34,35)/t26?,27-/m0/s1. The van der Waals surface area contributed by atoms with E-state index in [0.717, 1.165) is 74.2 Å². The first-order valence-corrected chi connectivity index (χ1v) is 13.4. The van der Waals surface area contributed by atoms with Crippen molar-refractivity contribution < 1.29 is 4.79 Å². The Bertz CT molecular complexity index is 1330. The third-order valence-electron chi connectivity index (χ3n) is 7.65. The zero-order chi connectivity index (χ0) is 25.0. The number of carbonyl (C=O) groups excluding carboxylic acids is 1. The lowest BCUT2D eigenvalue weighted by Crippen LogP contribution is -2.39. The third-order valence-corrected chi connectivity index (χ3v) is 7.65. The van der Waals surface area contributed by atoms with Gasteiger partial charge >= 0.3 is 0 Å². The van der Waals surface area contributed by atoms with Crippen LogP contribution in [0.15, 0.2) is 66.9 Å². The number of pyridine rings is 1. The quantitative estimate of drug-likeness (QED) is 0.338. The lowest BCUT2D eigenvalue weighted by atomic mass is 9.90. The zero-order valence-corrected chi connectivity index (χ0v) is 21.1. The molecule has 3 N–H and O–H groups in total. The normalized spacial score (nSPS) is 19.3. The first kappa shape index (κ1) is 23.8. The molecule has 0 radical (unpaired) electrons. The summed E-state index contributed by atoms with van der Waals surface area (Å²) in [5, 5.41) is 6.34. The van der Waals surface area contributed by atoms with Crippen molar-refractivity contribution in [3.63, 3.8) is 0 Å². The number of imidazole rings is 1. The Morgan fingerprint density at radius 1 is 0.973 bits per heavy atom. The number of hydrogen-bond acceptors (Lipinski definition) is 5. The molecule has 7 heteroatoms. The maximum absolute atomic E-state index is 12.3. The van der Waals surface area contributed by atoms with Gasteiger partial charge in [0.25, 0.3) is 0 Å². The van der Waals surface area contributed by atoms with Crippen LogP contribution in [0, 0.1) is 0 Å². The number of aromatic amines is 1. The molecule has 0 saturated carbocycles. The number of nitrogens with one attached hydrogen (secondary N) is 3. The Morgan fingerprint density at radius 2 is 1.84 bits per heavy atom. The summed E-state index contributed by atoms with van der Waals surface area (Å²) in [7, 11) is 0. The van der Waals surface area contributed by atoms with E-state index in [0.29, 0.717) is 6.54 Å². The average Bonchev–Trinajstić information content (AvgIpc) is 3.62. The van der Waals surface area contributed by atoms with E-state index in [1.54, 1.807) is 0 Å². The van der Waals surface area contributed by atoms with Crippen LogP contribution < -0.4 is 10.6 Å². The van der Waals surface area contributed by atoms with Gasteiger partial charge in [0.15, 0.2) is 0 Å². The first-order chi connectivity index (χ1) is 18.2. The number of benzene rings is 2. The molecule has 1 saturated heterocycles. The van der Waals surface area contributed by atoms with Gasteiger partial charge in [0.05, 0.1) is 35.4 Å². The number of amides is 1. The molecule has 6 rings (SSSR count). The second kappa shape index (κ2) is 10.8. The third kappa shape index (κ3) is 5.43. The van der Waals surface area contributed by atoms with E-state index in [1.807, 2.05) is 24.4 Å². The summed E-state index contributed by atoms with van der Waals surface area (Å²) in [4.78, 5) is 28.1. The molecule has 1 fully saturated rings. The first-order valence-electron chi connectivity index (χ1n) is 13.4. The second-order valence-electron chi connectivity index (χ2n) is 10.2. The van der Waals surface area contributed by atoms with E-state index < -0.39 is 0 Å². The molecular formula is C30H34N6O. The summed E-state index contributed by atoms with van der Waals surface area (Å²) in [6.45, 7) is 3.01. The molecule has 1 unspecified atom stereocenters. The number of H-pyrrole nitrogens is 1. The van der Waals surface area contributed by atoms with Crippen LogP contribution in [-0.4, -0.2) is 38.3 Å². The highest BCUT2D eigenvalue weighted by Crippen LogP contribution is 2.34. The molecule has 2 aliphatic rings. The van der Waals surface area contributed by atoms with Crippen molar-refractivity contribution in [2.24, 2.45) is 0 Å². The SMILES string of the molecule is O=C(NCc1ccc(CN(Cc2nc3ccccc3[nH]2)[C@H]2CCCc3cccnc32)cc1)C1CCCN1. The van der Waals surface area contributed by atoms with E-state index in [9.17, 15) is 4.79 Å². The Labute approximate surface area is 217 Å². The van der Waals surface area contributed by atoms with E-state index in [-0.39, 0.29) is 18.0 Å². The van der Waals surface area contributed by atoms with E-state index in [1.165, 1.54) is 16.8 Å². The van der Waals surface area contributed by atoms with Gasteiger partial charge in [-0.3, -0.25) is 14.7 Å². The van der Waals surface area contributed by atoms with Crippen molar-refractivity contribution in [2.75, 3.05) is 6.54 Å². The Hall–Kier alpha value is -3.55. The molecule has 190 valence electrons. The summed E-state index contributed by atoms with van der Waals surface area (Å²) in [6.07, 6.45) is 7.25. The number of aryl methyl sites for hydroxylation is 1. The molecular weight excluding hydrogens is 460 g/mol. The number of carbonyl (C=O) groups is 1. The van der Waals surface area contributed by atoms with Crippen molar-refractivity contribution in [3.8, 4) is 0 Å². The van der Waals surface area contributed by atoms with Gasteiger partial charge in [-0.1, -0.05) is 42.5 Å². The Morgan fingerprint density at radius 3 is 2.68 bits per heavy atom. The maximum atomic E-state index is 12.3. The minimum atomic E-state index is -0.0435. The van der Waals surface area contributed by atoms with Crippen molar-refractivity contribution >= 4 is 16.9 Å². The second-order valence-corrected chi connectivity index (χ2v) is 10.2. The number of hydrogen-bond donors (Lipinski definition) is 3. The summed E-state index contributed by atoms with van der Waals surface area (Å²) < 4.78 is 0. The molecule has 1 aliphatic carbocycles. The number of rotatable bonds is 8. The van der Waals surface area contributed by atoms with Crippen LogP contribution in [0.3, 0.4) is 0 Å². The molecule has 2 aromatic heterocycles. The van der Waals surface area contributed by atoms with Crippen molar-refractivity contribution in [2.45, 2.75) is 63.8 Å². The van der Waals surface area contributed by atoms with Crippen LogP contribution in [-0.2, 0) is 30.8 Å². The average molecular weight is 495 g/mol. The molecule has 0 spiro atoms. The molecule has 2 atom stereocenters. The molecule has 0 bridgehead atoms. The maximum Gasteiger partial charge on any atom is 0.237 e. The minimum Gasteiger partial charge on any atom is -0.351 e. The minimum absolute atomic E-state index is 0.0435. The largest absolute Gasteiger partial charge is 0.351 e. The molecule has 37 heavy (non-hydrogen) atoms. The van der Waals surface area contributed by atoms with E-state index >= 15 is 0 Å². The number of fused-ring (bicyclic) bond motifs is 2. The monoisotopic (exact) mass is 494 g/mol. The van der Waals surface area contributed by atoms with Gasteiger partial charge in [-0.25, -0.2) is 4.98 Å². The fourth-order valence-corrected chi connectivity index (χ4v) is 5.71. The summed E-state index contributed by atoms with van der Waals surface area (Å²) in [6, 6.07) is 21.3. The van der Waals surface area contributed by atoms with Gasteiger partial charge in [-0.15, -0.1) is 0 Å². The predicted octanol–water partition coefficient (Wildman–Crippen LogP) is 4.41. The topological polar surface area (TPSA) is 85.9 Å². The predicted molar refractivity (Wildman–Crippen MR) is 145 cm³/mol. The molecule has 2 aromatic carbocycles. The highest BCUT2D eigenvalue weighted by molar-refractivity contribution is 5.82. The van der Waals surface area contributed by atoms with Gasteiger partial charge in [0.1, 0.15) is 5.82 Å². The van der Waals surface area contributed by atoms with Gasteiger partial charge in [-0.2, -0.15) is 0 Å². The van der Waals surface area contributed by atoms with Crippen LogP contribution in [0.2, 0.25) is 0 Å². The van der Waals surface area contributed by atoms with Crippen LogP contribution in [0.1, 0.15) is 59.9 Å². The number of aromatic nitrogens is 3. The fourth-order valence-electron chi connectivity index (χ4n) is 5.71. The van der Waals surface area contributed by atoms with Crippen molar-refractivity contribution in [1.29, 1.82) is 0 Å². The molecule has 3 heterocycles. The van der Waals surface area contributed by atoms with Gasteiger partial charge in [0, 0.05) is 19.3 Å². The van der Waals surface area contributed by atoms with Crippen LogP contribution >= 0.6 is 0 Å². The Kier molecular flexibility index (Phi) is 6.97. The lowest BCUT2D eigenvalue weighted by molar-refractivity contribution is -0.122. The van der Waals surface area contributed by atoms with Crippen LogP contribution in [0.4, 0.5) is 0 Å². The van der Waals surface area contributed by atoms with Gasteiger partial charge in [-0.05, 0) is 73.5 Å². The Balaban J connectivity index is 1.20. The van der Waals surface area contributed by atoms with Crippen LogP contribution in [0.25, 0.3) is 11.0 Å². The van der Waals surface area contributed by atoms with Crippen molar-refractivity contribution in [3.05, 3.63) is 95.1 Å². The summed E-state index contributed by atoms with van der Waals surface area (Å²) >= 11 is 0. The summed E-state index contributed by atoms with van der Waals surface area (Å²) in [5.41, 5.74) is 6.98. The highest BCUT2D eigenvalue weighted by Gasteiger charge is 2.28. The van der Waals surface area contributed by atoms with Crippen LogP contribution in [0.5, 0.6) is 0 Å². The van der Waals surface area contributed by atoms with E-state index in [4.69, 9.17) is 9.97 Å². The molecule has 1 aliphatic heterocycles. The lowest BCUT2D eigenvalue weighted by Gasteiger charge is -2.34. The number of nitrogens with zero attached hydrogens (tertiary/aromatic N) is 3. The van der Waals surface area contributed by atoms with Gasteiger partial charge < -0.3 is 15.6 Å². The molecule has 1 amide bonds. The number of para-hydroxylation sites is 2. The molecule has 4 aromatic rings. The fraction of sp³-hybridized carbons (Fsp3) is 0.367. The van der Waals surface area contributed by atoms with Gasteiger partial charge in [0.2, 0.25) is 5.91 Å². The molecule has 7 nitrogen and oxygen atoms in total. The smallest absolute Gasteiger partial charge is 0.237 e. The zero-order valence-electron chi connectivity index (χ0n) is 21.1. The van der Waals surface area contributed by atoms with E-state index in [2.05, 4.69) is 63.0 Å². The summed E-state index contributed by atoms with van der Waals surface area (Å²) in [5.74, 6) is 1.08. The highest BCUT2D eigenvalue weighted by atomic mass is 16.2. The van der Waals surface area contributed by atoms with Crippen molar-refractivity contribution in [1.82, 2.24) is 30.5 Å².